The number of aromatic nitrogens is 3. The zero-order chi connectivity index (χ0) is 63.4. The van der Waals surface area contributed by atoms with Crippen LogP contribution in [0.5, 0.6) is 11.6 Å². The molecule has 0 unspecified atom stereocenters. The van der Waals surface area contributed by atoms with E-state index in [1.165, 1.54) is 51.1 Å². The molecule has 3 aromatic heterocycles. The van der Waals surface area contributed by atoms with E-state index in [1.54, 1.807) is 0 Å². The molecular formula is C46H41N11O21S8. The van der Waals surface area contributed by atoms with Gasteiger partial charge in [0.15, 0.2) is 11.3 Å². The number of carbonyl (C=O) groups excluding carboxylic acids is 1. The lowest BCUT2D eigenvalue weighted by atomic mass is 10.1. The van der Waals surface area contributed by atoms with E-state index in [9.17, 15) is 93.0 Å². The van der Waals surface area contributed by atoms with Crippen LogP contribution in [-0.4, -0.2) is 127 Å². The van der Waals surface area contributed by atoms with E-state index in [-0.39, 0.29) is 114 Å². The van der Waals surface area contributed by atoms with Crippen molar-refractivity contribution in [2.45, 2.75) is 65.0 Å². The zero-order valence-corrected chi connectivity index (χ0v) is 50.6. The Balaban J connectivity index is 1.24. The molecule has 8 N–H and O–H groups in total. The van der Waals surface area contributed by atoms with Gasteiger partial charge in [-0.05, 0) is 99.0 Å². The highest BCUT2D eigenvalue weighted by molar-refractivity contribution is 7.99. The van der Waals surface area contributed by atoms with E-state index >= 15 is 0 Å². The van der Waals surface area contributed by atoms with E-state index in [0.717, 1.165) is 35.2 Å². The molecule has 0 aliphatic rings. The summed E-state index contributed by atoms with van der Waals surface area (Å²) in [7, 11) is -29.5. The minimum atomic E-state index is -5.36. The van der Waals surface area contributed by atoms with E-state index in [2.05, 4.69) is 46.0 Å². The van der Waals surface area contributed by atoms with Gasteiger partial charge in [-0.15, -0.1) is 37.3 Å². The maximum atomic E-state index is 12.7. The number of aromatic hydroxyl groups is 1. The van der Waals surface area contributed by atoms with Crippen LogP contribution in [0.3, 0.4) is 0 Å². The minimum Gasteiger partial charge on any atom is -0.493 e. The maximum absolute atomic E-state index is 12.7. The van der Waals surface area contributed by atoms with Crippen LogP contribution in [0, 0.1) is 32.1 Å². The fourth-order valence-electron chi connectivity index (χ4n) is 8.32. The predicted molar refractivity (Wildman–Crippen MR) is 308 cm³/mol. The Labute approximate surface area is 494 Å². The third-order valence-electron chi connectivity index (χ3n) is 12.1. The van der Waals surface area contributed by atoms with Gasteiger partial charge in [-0.1, -0.05) is 11.3 Å². The SMILES string of the molecule is CC(=O)Nc1cc(N=Nc2cc(OCCCS(=O)(=O)O)c(N=Nc3c(C)c(C#N)c4nc5cc(C)c(S(=O)(=O)O)cc5n4c3O)cc2C)c(SCCCS(=O)(=O)O)cc1N=Nc1nc2c(S(=O)(=O)O)cc3c(S(=O)(=O)O)cc(S(=O)(=O)O)cc3c2s1. The topological polar surface area (TPSA) is 513 Å². The number of nitrogens with one attached hydrogen (secondary N) is 1. The highest BCUT2D eigenvalue weighted by atomic mass is 32.2. The second-order valence-electron chi connectivity index (χ2n) is 18.3. The number of anilines is 1. The van der Waals surface area contributed by atoms with Crippen molar-refractivity contribution in [1.29, 1.82) is 5.26 Å². The summed E-state index contributed by atoms with van der Waals surface area (Å²) in [6.45, 7) is 5.10. The number of carbonyl (C=O) groups is 1. The summed E-state index contributed by atoms with van der Waals surface area (Å²) in [5.41, 5.74) is -0.982. The third-order valence-corrected chi connectivity index (χ3v) is 19.4. The summed E-state index contributed by atoms with van der Waals surface area (Å²) in [6.07, 6.45) is -0.394. The molecule has 3 heterocycles. The van der Waals surface area contributed by atoms with Gasteiger partial charge in [0.1, 0.15) is 49.8 Å². The van der Waals surface area contributed by atoms with Gasteiger partial charge < -0.3 is 15.2 Å². The quantitative estimate of drug-likeness (QED) is 0.0144. The molecule has 0 saturated heterocycles. The first-order chi connectivity index (χ1) is 39.8. The molecule has 0 radical (unpaired) electrons. The summed E-state index contributed by atoms with van der Waals surface area (Å²) in [5, 5.41) is 48.5. The Hall–Kier alpha value is -7.63. The van der Waals surface area contributed by atoms with Gasteiger partial charge >= 0.3 is 0 Å². The summed E-state index contributed by atoms with van der Waals surface area (Å²) in [4.78, 5) is 17.6. The first-order valence-corrected chi connectivity index (χ1v) is 34.5. The molecule has 5 aromatic carbocycles. The molecule has 40 heteroatoms. The van der Waals surface area contributed by atoms with Crippen LogP contribution in [0.25, 0.3) is 37.7 Å². The second kappa shape index (κ2) is 23.9. The van der Waals surface area contributed by atoms with Gasteiger partial charge in [-0.3, -0.25) is 36.5 Å². The number of rotatable bonds is 21. The van der Waals surface area contributed by atoms with Gasteiger partial charge in [0.2, 0.25) is 16.9 Å². The number of hydrogen-bond donors (Lipinski definition) is 8. The Morgan fingerprint density at radius 1 is 0.674 bits per heavy atom. The lowest BCUT2D eigenvalue weighted by molar-refractivity contribution is -0.114. The predicted octanol–water partition coefficient (Wildman–Crippen LogP) is 8.97. The van der Waals surface area contributed by atoms with Crippen molar-refractivity contribution in [3.63, 3.8) is 0 Å². The fraction of sp³-hybridized carbons (Fsp3) is 0.217. The summed E-state index contributed by atoms with van der Waals surface area (Å²) >= 11 is 1.41. The Morgan fingerprint density at radius 3 is 1.92 bits per heavy atom. The molecule has 0 aliphatic heterocycles. The van der Waals surface area contributed by atoms with E-state index in [0.29, 0.717) is 23.5 Å². The number of azo groups is 3. The number of hydrogen-bond acceptors (Lipinski definition) is 26. The van der Waals surface area contributed by atoms with Crippen LogP contribution >= 0.6 is 23.1 Å². The molecule has 454 valence electrons. The number of amides is 1. The minimum absolute atomic E-state index is 0.0285. The van der Waals surface area contributed by atoms with Crippen LogP contribution in [-0.2, 0) is 65.5 Å². The third kappa shape index (κ3) is 14.4. The summed E-state index contributed by atoms with van der Waals surface area (Å²) in [5.74, 6) is -2.93. The lowest BCUT2D eigenvalue weighted by Gasteiger charge is -2.13. The van der Waals surface area contributed by atoms with Crippen molar-refractivity contribution in [2.75, 3.05) is 29.2 Å². The van der Waals surface area contributed by atoms with E-state index in [4.69, 9.17) is 4.74 Å². The number of fused-ring (bicyclic) bond motifs is 6. The fourth-order valence-corrected chi connectivity index (χ4v) is 14.2. The molecule has 0 atom stereocenters. The average molecular weight is 1340 g/mol. The molecule has 0 fully saturated rings. The number of nitrogens with zero attached hydrogens (tertiary/aromatic N) is 10. The first kappa shape index (κ1) is 64.4. The molecule has 0 aliphatic carbocycles. The number of benzene rings is 5. The molecule has 32 nitrogen and oxygen atoms in total. The van der Waals surface area contributed by atoms with Crippen molar-refractivity contribution in [3.8, 4) is 17.7 Å². The van der Waals surface area contributed by atoms with Crippen molar-refractivity contribution in [3.05, 3.63) is 76.9 Å². The van der Waals surface area contributed by atoms with Crippen LogP contribution in [0.1, 0.15) is 42.0 Å². The standard InChI is InChI=1S/C46H41N11O21S8/c1-21-11-33(53-55-41-23(3)28(20-47)44-49-32-12-22(2)38(84(69,70)71)19-35(32)57(44)45(41)59)36(78-7-5-9-81(60,61)62)17-29(21)51-54-34-16-30(48-24(4)58)31(18-37(34)79-8-6-10-82(63,64)65)52-56-46-50-42-40(86(75,76)77)15-26-27(43(42)80-46)13-25(83(66,67)68)14-39(26)85(72,73)74/h11-19,59H,5-10H2,1-4H3,(H,48,58)(H,60,61,62)(H,63,64,65)(H,66,67,68)(H,69,70,71)(H,72,73,74)(H,75,76,77). The summed E-state index contributed by atoms with van der Waals surface area (Å²) < 4.78 is 211. The van der Waals surface area contributed by atoms with Crippen molar-refractivity contribution in [1.82, 2.24) is 14.4 Å². The van der Waals surface area contributed by atoms with Gasteiger partial charge in [0.25, 0.3) is 60.7 Å². The van der Waals surface area contributed by atoms with Crippen molar-refractivity contribution in [2.24, 2.45) is 30.7 Å². The Morgan fingerprint density at radius 2 is 1.30 bits per heavy atom. The second-order valence-corrected chi connectivity index (χ2v) is 29.2. The van der Waals surface area contributed by atoms with Gasteiger partial charge in [0.05, 0.1) is 55.0 Å². The van der Waals surface area contributed by atoms with E-state index < -0.39 is 125 Å². The normalized spacial score (nSPS) is 13.1. The zero-order valence-electron chi connectivity index (χ0n) is 44.0. The monoisotopic (exact) mass is 1340 g/mol. The molecular weight excluding hydrogens is 1300 g/mol. The Kier molecular flexibility index (Phi) is 17.9. The number of thioether (sulfide) groups is 1. The molecule has 8 rings (SSSR count). The Bertz CT molecular complexity index is 5080. The van der Waals surface area contributed by atoms with Crippen LogP contribution in [0.15, 0.2) is 110 Å². The molecule has 8 aromatic rings. The maximum Gasteiger partial charge on any atom is 0.296 e. The highest BCUT2D eigenvalue weighted by Crippen LogP contribution is 2.46. The van der Waals surface area contributed by atoms with E-state index in [1.807, 2.05) is 6.07 Å². The molecule has 0 spiro atoms. The lowest BCUT2D eigenvalue weighted by Crippen LogP contribution is -2.08. The summed E-state index contributed by atoms with van der Waals surface area (Å²) in [6, 6.07) is 11.3. The molecule has 0 bridgehead atoms. The smallest absolute Gasteiger partial charge is 0.296 e. The van der Waals surface area contributed by atoms with Gasteiger partial charge in [-0.2, -0.15) is 60.9 Å². The largest absolute Gasteiger partial charge is 0.493 e. The number of aryl methyl sites for hydroxylation is 2. The number of imidazole rings is 1. The van der Waals surface area contributed by atoms with Crippen LogP contribution < -0.4 is 10.1 Å². The van der Waals surface area contributed by atoms with Crippen molar-refractivity contribution >= 4 is 167 Å². The number of thiazole rings is 1. The first-order valence-electron chi connectivity index (χ1n) is 23.7. The van der Waals surface area contributed by atoms with Crippen LogP contribution in [0.4, 0.5) is 39.3 Å². The molecule has 1 amide bonds. The highest BCUT2D eigenvalue weighted by Gasteiger charge is 2.29. The average Bonchev–Trinajstić information content (AvgIpc) is 1.46. The van der Waals surface area contributed by atoms with Crippen LogP contribution in [0.2, 0.25) is 0 Å². The number of ether oxygens (including phenoxy) is 1. The van der Waals surface area contributed by atoms with Crippen molar-refractivity contribution < 1.29 is 92.5 Å². The molecule has 86 heavy (non-hydrogen) atoms. The number of pyridine rings is 1. The number of nitriles is 1. The van der Waals surface area contributed by atoms with Gasteiger partial charge in [0, 0.05) is 34.2 Å². The molecule has 0 saturated carbocycles. The van der Waals surface area contributed by atoms with Gasteiger partial charge in [-0.25, -0.2) is 9.97 Å².